The quantitative estimate of drug-likeness (QED) is 0.904. The van der Waals surface area contributed by atoms with E-state index in [0.29, 0.717) is 26.1 Å². The molecule has 1 aliphatic heterocycles. The first-order valence-corrected chi connectivity index (χ1v) is 8.29. The fraction of sp³-hybridized carbons (Fsp3) is 0.421. The Hall–Kier alpha value is -1.82. The Morgan fingerprint density at radius 2 is 2.20 bits per heavy atom. The minimum atomic E-state index is -0.0877. The molecule has 1 amide bonds. The summed E-state index contributed by atoms with van der Waals surface area (Å²) in [5, 5.41) is 2.17. The summed E-state index contributed by atoms with van der Waals surface area (Å²) in [6.45, 7) is 3.64. The van der Waals surface area contributed by atoms with Gasteiger partial charge in [-0.25, -0.2) is 0 Å². The van der Waals surface area contributed by atoms with Crippen LogP contribution in [0.15, 0.2) is 36.4 Å². The Labute approximate surface area is 154 Å². The van der Waals surface area contributed by atoms with Crippen LogP contribution in [0.1, 0.15) is 12.5 Å². The standard InChI is InChI=1S/C19H24N2O3.ClH/c1-13(20)18-12-21(8-9-24-18)19(22)10-15-5-3-4-14-6-7-16(23-2)11-17(14)15;/h3-7,11,13,18H,8-10,12,20H2,1-2H3;1H. The molecule has 0 aromatic heterocycles. The van der Waals surface area contributed by atoms with Gasteiger partial charge in [-0.3, -0.25) is 4.79 Å². The number of nitrogens with two attached hydrogens (primary N) is 1. The normalized spacial score (nSPS) is 18.5. The highest BCUT2D eigenvalue weighted by Gasteiger charge is 2.26. The number of rotatable bonds is 4. The predicted octanol–water partition coefficient (Wildman–Crippen LogP) is 2.39. The zero-order valence-electron chi connectivity index (χ0n) is 14.6. The van der Waals surface area contributed by atoms with E-state index < -0.39 is 0 Å². The molecule has 136 valence electrons. The molecule has 1 fully saturated rings. The van der Waals surface area contributed by atoms with Crippen LogP contribution in [0, 0.1) is 0 Å². The van der Waals surface area contributed by atoms with Crippen LogP contribution in [0.5, 0.6) is 5.75 Å². The van der Waals surface area contributed by atoms with Crippen molar-refractivity contribution in [2.45, 2.75) is 25.5 Å². The van der Waals surface area contributed by atoms with Gasteiger partial charge >= 0.3 is 0 Å². The number of hydrogen-bond donors (Lipinski definition) is 1. The zero-order valence-corrected chi connectivity index (χ0v) is 15.4. The Morgan fingerprint density at radius 1 is 1.40 bits per heavy atom. The summed E-state index contributed by atoms with van der Waals surface area (Å²) in [6.07, 6.45) is 0.284. The van der Waals surface area contributed by atoms with Gasteiger partial charge in [-0.2, -0.15) is 0 Å². The van der Waals surface area contributed by atoms with Crippen molar-refractivity contribution in [3.8, 4) is 5.75 Å². The first-order valence-electron chi connectivity index (χ1n) is 8.29. The number of morpholine rings is 1. The van der Waals surface area contributed by atoms with E-state index in [-0.39, 0.29) is 30.5 Å². The van der Waals surface area contributed by atoms with E-state index in [0.717, 1.165) is 22.1 Å². The molecule has 2 aromatic rings. The number of carbonyl (C=O) groups is 1. The first-order chi connectivity index (χ1) is 11.6. The van der Waals surface area contributed by atoms with Crippen molar-refractivity contribution >= 4 is 29.1 Å². The van der Waals surface area contributed by atoms with Crippen molar-refractivity contribution in [1.29, 1.82) is 0 Å². The largest absolute Gasteiger partial charge is 0.497 e. The van der Waals surface area contributed by atoms with E-state index in [4.69, 9.17) is 15.2 Å². The number of halogens is 1. The maximum absolute atomic E-state index is 12.7. The average molecular weight is 365 g/mol. The second-order valence-electron chi connectivity index (χ2n) is 6.29. The number of nitrogens with zero attached hydrogens (tertiary/aromatic N) is 1. The van der Waals surface area contributed by atoms with E-state index in [2.05, 4.69) is 0 Å². The summed E-state index contributed by atoms with van der Waals surface area (Å²) in [4.78, 5) is 14.6. The molecule has 1 saturated heterocycles. The Morgan fingerprint density at radius 3 is 2.92 bits per heavy atom. The topological polar surface area (TPSA) is 64.8 Å². The first kappa shape index (κ1) is 19.5. The van der Waals surface area contributed by atoms with Crippen LogP contribution in [0.25, 0.3) is 10.8 Å². The molecule has 3 rings (SSSR count). The number of methoxy groups -OCH3 is 1. The molecule has 2 unspecified atom stereocenters. The van der Waals surface area contributed by atoms with Gasteiger partial charge in [-0.15, -0.1) is 12.4 Å². The molecule has 1 aliphatic rings. The number of benzene rings is 2. The van der Waals surface area contributed by atoms with Gasteiger partial charge in [0.2, 0.25) is 5.91 Å². The van der Waals surface area contributed by atoms with Gasteiger partial charge in [0.05, 0.1) is 26.2 Å². The summed E-state index contributed by atoms with van der Waals surface area (Å²) in [5.41, 5.74) is 6.93. The molecule has 25 heavy (non-hydrogen) atoms. The highest BCUT2D eigenvalue weighted by molar-refractivity contribution is 5.91. The van der Waals surface area contributed by atoms with Gasteiger partial charge in [0.25, 0.3) is 0 Å². The second-order valence-corrected chi connectivity index (χ2v) is 6.29. The Kier molecular flexibility index (Phi) is 6.64. The molecular formula is C19H25ClN2O3. The van der Waals surface area contributed by atoms with Crippen molar-refractivity contribution in [3.63, 3.8) is 0 Å². The van der Waals surface area contributed by atoms with Gasteiger partial charge in [-0.1, -0.05) is 24.3 Å². The summed E-state index contributed by atoms with van der Waals surface area (Å²) in [7, 11) is 1.65. The summed E-state index contributed by atoms with van der Waals surface area (Å²) in [6, 6.07) is 11.9. The molecule has 0 aliphatic carbocycles. The maximum Gasteiger partial charge on any atom is 0.227 e. The van der Waals surface area contributed by atoms with Crippen LogP contribution in [0.4, 0.5) is 0 Å². The van der Waals surface area contributed by atoms with E-state index >= 15 is 0 Å². The molecule has 2 N–H and O–H groups in total. The maximum atomic E-state index is 12.7. The van der Waals surface area contributed by atoms with Gasteiger partial charge in [0.15, 0.2) is 0 Å². The van der Waals surface area contributed by atoms with Crippen molar-refractivity contribution in [3.05, 3.63) is 42.0 Å². The lowest BCUT2D eigenvalue weighted by Crippen LogP contribution is -2.51. The van der Waals surface area contributed by atoms with Crippen molar-refractivity contribution in [2.75, 3.05) is 26.8 Å². The molecule has 6 heteroatoms. The molecule has 0 saturated carbocycles. The smallest absolute Gasteiger partial charge is 0.227 e. The van der Waals surface area contributed by atoms with Gasteiger partial charge < -0.3 is 20.1 Å². The molecule has 0 spiro atoms. The third-order valence-corrected chi connectivity index (χ3v) is 4.55. The lowest BCUT2D eigenvalue weighted by molar-refractivity contribution is -0.138. The minimum absolute atomic E-state index is 0. The predicted molar refractivity (Wildman–Crippen MR) is 101 cm³/mol. The number of fused-ring (bicyclic) bond motifs is 1. The highest BCUT2D eigenvalue weighted by Crippen LogP contribution is 2.25. The SMILES string of the molecule is COc1ccc2cccc(CC(=O)N3CCOC(C(C)N)C3)c2c1.Cl. The van der Waals surface area contributed by atoms with Gasteiger partial charge in [-0.05, 0) is 35.4 Å². The van der Waals surface area contributed by atoms with Crippen molar-refractivity contribution in [2.24, 2.45) is 5.73 Å². The molecule has 2 aromatic carbocycles. The van der Waals surface area contributed by atoms with Crippen molar-refractivity contribution in [1.82, 2.24) is 4.90 Å². The van der Waals surface area contributed by atoms with E-state index in [1.54, 1.807) is 7.11 Å². The third kappa shape index (κ3) is 4.42. The molecular weight excluding hydrogens is 340 g/mol. The van der Waals surface area contributed by atoms with Crippen LogP contribution in [-0.4, -0.2) is 49.8 Å². The summed E-state index contributed by atoms with van der Waals surface area (Å²) in [5.74, 6) is 0.907. The van der Waals surface area contributed by atoms with Gasteiger partial charge in [0, 0.05) is 19.1 Å². The van der Waals surface area contributed by atoms with Gasteiger partial charge in [0.1, 0.15) is 5.75 Å². The lowest BCUT2D eigenvalue weighted by atomic mass is 10.0. The fourth-order valence-electron chi connectivity index (χ4n) is 3.09. The van der Waals surface area contributed by atoms with Crippen LogP contribution < -0.4 is 10.5 Å². The van der Waals surface area contributed by atoms with Crippen LogP contribution in [0.3, 0.4) is 0 Å². The van der Waals surface area contributed by atoms with Crippen molar-refractivity contribution < 1.29 is 14.3 Å². The van der Waals surface area contributed by atoms with Crippen LogP contribution >= 0.6 is 12.4 Å². The number of amides is 1. The van der Waals surface area contributed by atoms with E-state index in [9.17, 15) is 4.79 Å². The van der Waals surface area contributed by atoms with Crippen LogP contribution in [-0.2, 0) is 16.0 Å². The highest BCUT2D eigenvalue weighted by atomic mass is 35.5. The molecule has 1 heterocycles. The van der Waals surface area contributed by atoms with E-state index in [1.165, 1.54) is 0 Å². The minimum Gasteiger partial charge on any atom is -0.497 e. The molecule has 5 nitrogen and oxygen atoms in total. The Balaban J connectivity index is 0.00000225. The summed E-state index contributed by atoms with van der Waals surface area (Å²) >= 11 is 0. The Bertz CT molecular complexity index is 736. The molecule has 0 radical (unpaired) electrons. The second kappa shape index (κ2) is 8.52. The molecule has 0 bridgehead atoms. The number of carbonyl (C=O) groups excluding carboxylic acids is 1. The van der Waals surface area contributed by atoms with Crippen LogP contribution in [0.2, 0.25) is 0 Å². The third-order valence-electron chi connectivity index (χ3n) is 4.55. The molecule has 2 atom stereocenters. The number of hydrogen-bond acceptors (Lipinski definition) is 4. The fourth-order valence-corrected chi connectivity index (χ4v) is 3.09. The number of ether oxygens (including phenoxy) is 2. The monoisotopic (exact) mass is 364 g/mol. The van der Waals surface area contributed by atoms with E-state index in [1.807, 2.05) is 48.2 Å². The summed E-state index contributed by atoms with van der Waals surface area (Å²) < 4.78 is 10.9. The zero-order chi connectivity index (χ0) is 17.1. The average Bonchev–Trinajstić information content (AvgIpc) is 2.61. The lowest BCUT2D eigenvalue weighted by Gasteiger charge is -2.34.